The second-order valence-corrected chi connectivity index (χ2v) is 19.6. The van der Waals surface area contributed by atoms with Gasteiger partial charge in [0.1, 0.15) is 18.8 Å². The van der Waals surface area contributed by atoms with Gasteiger partial charge in [-0.2, -0.15) is 0 Å². The highest BCUT2D eigenvalue weighted by atomic mass is 16.5. The second kappa shape index (κ2) is 48.4. The Morgan fingerprint density at radius 3 is 1.43 bits per heavy atom. The number of carboxylic acid groups (broad SMARTS) is 1. The summed E-state index contributed by atoms with van der Waals surface area (Å²) >= 11 is 0. The third-order valence-corrected chi connectivity index (χ3v) is 12.8. The Bertz CT molecular complexity index is 1280. The number of unbranched alkanes of at least 4 members (excludes halogenated alkanes) is 26. The van der Waals surface area contributed by atoms with E-state index in [1.807, 2.05) is 0 Å². The van der Waals surface area contributed by atoms with E-state index in [1.165, 1.54) is 103 Å². The molecule has 0 fully saturated rings. The summed E-state index contributed by atoms with van der Waals surface area (Å²) < 4.78 is 11.3. The first-order valence-corrected chi connectivity index (χ1v) is 28.2. The number of aliphatic hydroxyl groups is 2. The zero-order valence-electron chi connectivity index (χ0n) is 44.1. The van der Waals surface area contributed by atoms with Crippen LogP contribution in [0.5, 0.6) is 0 Å². The van der Waals surface area contributed by atoms with Crippen molar-refractivity contribution >= 4 is 35.6 Å². The van der Waals surface area contributed by atoms with Crippen molar-refractivity contribution in [1.29, 1.82) is 0 Å². The van der Waals surface area contributed by atoms with E-state index in [0.29, 0.717) is 44.9 Å². The third-order valence-electron chi connectivity index (χ3n) is 12.8. The molecule has 0 aromatic rings. The van der Waals surface area contributed by atoms with Crippen LogP contribution in [0.3, 0.4) is 0 Å². The van der Waals surface area contributed by atoms with Crippen molar-refractivity contribution < 1.29 is 53.6 Å². The Labute approximate surface area is 419 Å². The van der Waals surface area contributed by atoms with Crippen molar-refractivity contribution in [3.8, 4) is 0 Å². The Morgan fingerprint density at radius 2 is 0.928 bits per heavy atom. The van der Waals surface area contributed by atoms with Crippen LogP contribution in [-0.2, 0) is 38.2 Å². The van der Waals surface area contributed by atoms with E-state index in [4.69, 9.17) is 14.6 Å². The van der Waals surface area contributed by atoms with E-state index >= 15 is 0 Å². The van der Waals surface area contributed by atoms with Crippen LogP contribution in [0.1, 0.15) is 271 Å². The summed E-state index contributed by atoms with van der Waals surface area (Å²) in [6, 6.07) is -1.97. The van der Waals surface area contributed by atoms with Gasteiger partial charge in [-0.15, -0.1) is 0 Å². The average Bonchev–Trinajstić information content (AvgIpc) is 3.31. The van der Waals surface area contributed by atoms with E-state index in [0.717, 1.165) is 70.6 Å². The SMILES string of the molecule is CCCCCCCCCCCC(=O)O[C@H](CCCCCCCCCCC)CC(=O)N[C@H](CC(=O)O)C(=O)NCCC[C@H](COC(=O)CCCCCO)NC(=O)C[C@H](O)CCCCCCCCCCC. The second-order valence-electron chi connectivity index (χ2n) is 19.6. The number of carboxylic acids is 1. The van der Waals surface area contributed by atoms with Crippen LogP contribution in [0.15, 0.2) is 0 Å². The van der Waals surface area contributed by atoms with Gasteiger partial charge in [-0.05, 0) is 51.4 Å². The maximum atomic E-state index is 13.4. The van der Waals surface area contributed by atoms with Gasteiger partial charge in [-0.3, -0.25) is 28.8 Å². The number of aliphatic carboxylic acids is 1. The minimum atomic E-state index is -1.37. The molecule has 0 radical (unpaired) electrons. The molecule has 0 aliphatic carbocycles. The molecule has 4 atom stereocenters. The highest BCUT2D eigenvalue weighted by molar-refractivity contribution is 5.90. The van der Waals surface area contributed by atoms with Crippen LogP contribution in [0.2, 0.25) is 0 Å². The standard InChI is InChI=1S/C55H103N3O11/c1-4-7-10-13-16-19-22-25-29-36-47(60)42-50(61)57-46(45-68-53(65)38-32-28-33-41-59)35-34-40-56-55(67)49(44-52(63)64)58-51(62)43-48(37-30-26-23-20-17-14-11-8-5-2)69-54(66)39-31-27-24-21-18-15-12-9-6-3/h46-49,59-60H,4-45H2,1-3H3,(H,56,67)(H,57,61)(H,58,62)(H,63,64)/t46-,47-,48-,49-/m1/s1. The molecule has 0 rings (SSSR count). The highest BCUT2D eigenvalue weighted by Gasteiger charge is 2.26. The van der Waals surface area contributed by atoms with Crippen molar-refractivity contribution in [2.75, 3.05) is 19.8 Å². The average molecular weight is 982 g/mol. The Kier molecular flexibility index (Phi) is 46.1. The number of carbonyl (C=O) groups excluding carboxylic acids is 5. The summed E-state index contributed by atoms with van der Waals surface area (Å²) in [5.41, 5.74) is 0. The van der Waals surface area contributed by atoms with Crippen molar-refractivity contribution in [2.45, 2.75) is 295 Å². The number of esters is 2. The van der Waals surface area contributed by atoms with Crippen LogP contribution in [0.4, 0.5) is 0 Å². The van der Waals surface area contributed by atoms with Crippen LogP contribution in [0.25, 0.3) is 0 Å². The lowest BCUT2D eigenvalue weighted by Gasteiger charge is -2.22. The Hall–Kier alpha value is -3.26. The molecule has 0 aliphatic rings. The van der Waals surface area contributed by atoms with E-state index in [1.54, 1.807) is 0 Å². The number of ether oxygens (including phenoxy) is 2. The van der Waals surface area contributed by atoms with Crippen molar-refractivity contribution in [3.63, 3.8) is 0 Å². The molecule has 0 aromatic carbocycles. The number of nitrogens with one attached hydrogen (secondary N) is 3. The van der Waals surface area contributed by atoms with Gasteiger partial charge in [0, 0.05) is 26.0 Å². The first kappa shape index (κ1) is 65.7. The van der Waals surface area contributed by atoms with E-state index < -0.39 is 54.5 Å². The number of rotatable bonds is 51. The van der Waals surface area contributed by atoms with Gasteiger partial charge in [-0.1, -0.05) is 188 Å². The maximum Gasteiger partial charge on any atom is 0.306 e. The van der Waals surface area contributed by atoms with Crippen molar-refractivity contribution in [3.05, 3.63) is 0 Å². The smallest absolute Gasteiger partial charge is 0.306 e. The van der Waals surface area contributed by atoms with E-state index in [9.17, 15) is 39.0 Å². The third kappa shape index (κ3) is 44.4. The summed E-state index contributed by atoms with van der Waals surface area (Å²) in [5.74, 6) is -3.68. The minimum Gasteiger partial charge on any atom is -0.481 e. The van der Waals surface area contributed by atoms with Gasteiger partial charge in [0.15, 0.2) is 0 Å². The lowest BCUT2D eigenvalue weighted by molar-refractivity contribution is -0.151. The lowest BCUT2D eigenvalue weighted by Crippen LogP contribution is -2.49. The fourth-order valence-corrected chi connectivity index (χ4v) is 8.55. The van der Waals surface area contributed by atoms with Crippen LogP contribution < -0.4 is 16.0 Å². The zero-order chi connectivity index (χ0) is 51.0. The number of aliphatic hydroxyl groups excluding tert-OH is 2. The topological polar surface area (TPSA) is 218 Å². The number of carbonyl (C=O) groups is 6. The van der Waals surface area contributed by atoms with Crippen molar-refractivity contribution in [1.82, 2.24) is 16.0 Å². The quantitative estimate of drug-likeness (QED) is 0.0249. The monoisotopic (exact) mass is 982 g/mol. The molecule has 6 N–H and O–H groups in total. The molecule has 0 saturated heterocycles. The Morgan fingerprint density at radius 1 is 0.478 bits per heavy atom. The van der Waals surface area contributed by atoms with Gasteiger partial charge in [0.2, 0.25) is 17.7 Å². The number of hydrogen-bond donors (Lipinski definition) is 6. The maximum absolute atomic E-state index is 13.4. The van der Waals surface area contributed by atoms with Gasteiger partial charge < -0.3 is 40.7 Å². The molecule has 0 saturated carbocycles. The first-order chi connectivity index (χ1) is 33.4. The van der Waals surface area contributed by atoms with E-state index in [-0.39, 0.29) is 57.3 Å². The lowest BCUT2D eigenvalue weighted by atomic mass is 10.0. The van der Waals surface area contributed by atoms with E-state index in [2.05, 4.69) is 36.7 Å². The largest absolute Gasteiger partial charge is 0.481 e. The zero-order valence-corrected chi connectivity index (χ0v) is 44.1. The molecule has 0 bridgehead atoms. The molecule has 404 valence electrons. The summed E-state index contributed by atoms with van der Waals surface area (Å²) in [6.07, 6.45) is 32.1. The molecular formula is C55H103N3O11. The summed E-state index contributed by atoms with van der Waals surface area (Å²) in [7, 11) is 0. The normalized spacial score (nSPS) is 13.0. The highest BCUT2D eigenvalue weighted by Crippen LogP contribution is 2.18. The fraction of sp³-hybridized carbons (Fsp3) is 0.891. The number of hydrogen-bond acceptors (Lipinski definition) is 10. The molecule has 0 aromatic heterocycles. The number of amides is 3. The predicted octanol–water partition coefficient (Wildman–Crippen LogP) is 11.2. The Balaban J connectivity index is 5.33. The minimum absolute atomic E-state index is 0.0463. The molecule has 0 spiro atoms. The molecule has 14 nitrogen and oxygen atoms in total. The fourth-order valence-electron chi connectivity index (χ4n) is 8.55. The summed E-state index contributed by atoms with van der Waals surface area (Å²) in [5, 5.41) is 37.5. The molecule has 14 heteroatoms. The molecule has 0 heterocycles. The summed E-state index contributed by atoms with van der Waals surface area (Å²) in [6.45, 7) is 6.65. The van der Waals surface area contributed by atoms with Gasteiger partial charge >= 0.3 is 17.9 Å². The predicted molar refractivity (Wildman–Crippen MR) is 276 cm³/mol. The first-order valence-electron chi connectivity index (χ1n) is 28.2. The van der Waals surface area contributed by atoms with Crippen molar-refractivity contribution in [2.24, 2.45) is 0 Å². The molecule has 0 unspecified atom stereocenters. The van der Waals surface area contributed by atoms with Gasteiger partial charge in [-0.25, -0.2) is 0 Å². The van der Waals surface area contributed by atoms with Crippen LogP contribution in [-0.4, -0.2) is 95.0 Å². The molecular weight excluding hydrogens is 879 g/mol. The molecule has 69 heavy (non-hydrogen) atoms. The molecule has 3 amide bonds. The van der Waals surface area contributed by atoms with Gasteiger partial charge in [0.25, 0.3) is 0 Å². The molecule has 0 aliphatic heterocycles. The van der Waals surface area contributed by atoms with Crippen LogP contribution in [0, 0.1) is 0 Å². The van der Waals surface area contributed by atoms with Gasteiger partial charge in [0.05, 0.1) is 31.4 Å². The van der Waals surface area contributed by atoms with Crippen LogP contribution >= 0.6 is 0 Å². The summed E-state index contributed by atoms with van der Waals surface area (Å²) in [4.78, 5) is 77.0.